The van der Waals surface area contributed by atoms with E-state index in [1.807, 2.05) is 0 Å². The minimum absolute atomic E-state index is 0.0758. The van der Waals surface area contributed by atoms with Crippen LogP contribution in [-0.4, -0.2) is 44.3 Å². The van der Waals surface area contributed by atoms with Crippen LogP contribution in [0.5, 0.6) is 5.75 Å². The fraction of sp³-hybridized carbons (Fsp3) is 0.280. The van der Waals surface area contributed by atoms with E-state index >= 15 is 0 Å². The van der Waals surface area contributed by atoms with Crippen molar-refractivity contribution in [1.29, 1.82) is 0 Å². The van der Waals surface area contributed by atoms with Crippen molar-refractivity contribution in [2.24, 2.45) is 0 Å². The molecule has 10 heteroatoms. The summed E-state index contributed by atoms with van der Waals surface area (Å²) in [5.74, 6) is -0.0761. The van der Waals surface area contributed by atoms with E-state index in [0.717, 1.165) is 17.4 Å². The van der Waals surface area contributed by atoms with Crippen LogP contribution in [0.1, 0.15) is 23.2 Å². The second-order valence-corrected chi connectivity index (χ2v) is 8.34. The van der Waals surface area contributed by atoms with Crippen LogP contribution >= 0.6 is 0 Å². The summed E-state index contributed by atoms with van der Waals surface area (Å²) in [6.07, 6.45) is 2.68. The zero-order valence-corrected chi connectivity index (χ0v) is 19.0. The van der Waals surface area contributed by atoms with Gasteiger partial charge in [-0.15, -0.1) is 0 Å². The summed E-state index contributed by atoms with van der Waals surface area (Å²) < 4.78 is 28.2. The van der Waals surface area contributed by atoms with Gasteiger partial charge in [-0.1, -0.05) is 0 Å². The number of Topliss-reactive ketones (excluding diaryl/α,β-unsaturated/α-hetero) is 1. The molecule has 35 heavy (non-hydrogen) atoms. The fourth-order valence-electron chi connectivity index (χ4n) is 4.30. The molecule has 0 N–H and O–H groups in total. The highest BCUT2D eigenvalue weighted by Gasteiger charge is 2.24. The molecule has 9 nitrogen and oxygen atoms in total. The molecule has 0 bridgehead atoms. The summed E-state index contributed by atoms with van der Waals surface area (Å²) in [5, 5.41) is 0. The monoisotopic (exact) mass is 478 g/mol. The number of benzene rings is 2. The summed E-state index contributed by atoms with van der Waals surface area (Å²) in [7, 11) is 1.54. The number of carbonyl (C=O) groups excluding carboxylic acids is 1. The van der Waals surface area contributed by atoms with Crippen molar-refractivity contribution >= 4 is 16.9 Å². The lowest BCUT2D eigenvalue weighted by atomic mass is 10.1. The van der Waals surface area contributed by atoms with E-state index in [1.165, 1.54) is 46.8 Å². The van der Waals surface area contributed by atoms with E-state index in [9.17, 15) is 18.8 Å². The van der Waals surface area contributed by atoms with Crippen LogP contribution in [0.2, 0.25) is 0 Å². The van der Waals surface area contributed by atoms with Crippen molar-refractivity contribution in [2.45, 2.75) is 32.0 Å². The van der Waals surface area contributed by atoms with Crippen LogP contribution in [0.25, 0.3) is 16.9 Å². The molecule has 3 heterocycles. The Bertz CT molecular complexity index is 1500. The summed E-state index contributed by atoms with van der Waals surface area (Å²) in [6.45, 7) is 0.494. The van der Waals surface area contributed by atoms with Crippen LogP contribution < -0.4 is 16.0 Å². The van der Waals surface area contributed by atoms with Crippen molar-refractivity contribution in [3.8, 4) is 11.4 Å². The lowest BCUT2D eigenvalue weighted by Crippen LogP contribution is -2.42. The fourth-order valence-corrected chi connectivity index (χ4v) is 4.30. The molecule has 1 atom stereocenters. The Hall–Kier alpha value is -4.05. The SMILES string of the molecule is COc1ccc(C(=O)Cn2cnc3c2c(=O)n(C[C@H]2CCCO2)c(=O)n3-c2ccc(F)cc2)cc1. The third-order valence-corrected chi connectivity index (χ3v) is 6.12. The number of hydrogen-bond acceptors (Lipinski definition) is 6. The average molecular weight is 478 g/mol. The minimum Gasteiger partial charge on any atom is -0.497 e. The zero-order valence-electron chi connectivity index (χ0n) is 19.0. The molecule has 0 radical (unpaired) electrons. The van der Waals surface area contributed by atoms with E-state index in [4.69, 9.17) is 9.47 Å². The zero-order chi connectivity index (χ0) is 24.5. The van der Waals surface area contributed by atoms with E-state index in [-0.39, 0.29) is 36.1 Å². The number of rotatable bonds is 7. The Labute approximate surface area is 199 Å². The number of fused-ring (bicyclic) bond motifs is 1. The second kappa shape index (κ2) is 9.30. The number of halogens is 1. The Morgan fingerprint density at radius 2 is 1.89 bits per heavy atom. The average Bonchev–Trinajstić information content (AvgIpc) is 3.53. The summed E-state index contributed by atoms with van der Waals surface area (Å²) in [5.41, 5.74) is -0.157. The molecule has 0 amide bonds. The minimum atomic E-state index is -0.601. The number of imidazole rings is 1. The number of carbonyl (C=O) groups is 1. The molecule has 0 saturated carbocycles. The van der Waals surface area contributed by atoms with Gasteiger partial charge < -0.3 is 14.0 Å². The molecule has 5 rings (SSSR count). The van der Waals surface area contributed by atoms with Crippen molar-refractivity contribution in [3.63, 3.8) is 0 Å². The first kappa shape index (κ1) is 22.7. The predicted molar refractivity (Wildman–Crippen MR) is 126 cm³/mol. The molecule has 0 unspecified atom stereocenters. The first-order valence-electron chi connectivity index (χ1n) is 11.2. The molecule has 2 aromatic carbocycles. The highest BCUT2D eigenvalue weighted by Crippen LogP contribution is 2.17. The number of hydrogen-bond donors (Lipinski definition) is 0. The van der Waals surface area contributed by atoms with Crippen LogP contribution in [0.4, 0.5) is 4.39 Å². The van der Waals surface area contributed by atoms with E-state index < -0.39 is 17.1 Å². The molecule has 2 aromatic heterocycles. The molecular weight excluding hydrogens is 455 g/mol. The first-order valence-corrected chi connectivity index (χ1v) is 11.2. The topological polar surface area (TPSA) is 97.4 Å². The Balaban J connectivity index is 1.63. The molecular formula is C25H23FN4O5. The van der Waals surface area contributed by atoms with Crippen LogP contribution in [0.3, 0.4) is 0 Å². The van der Waals surface area contributed by atoms with Gasteiger partial charge in [0.15, 0.2) is 16.9 Å². The molecule has 4 aromatic rings. The first-order chi connectivity index (χ1) is 17.0. The molecule has 1 saturated heterocycles. The second-order valence-electron chi connectivity index (χ2n) is 8.34. The van der Waals surface area contributed by atoms with Gasteiger partial charge in [0.2, 0.25) is 0 Å². The Morgan fingerprint density at radius 1 is 1.14 bits per heavy atom. The third-order valence-electron chi connectivity index (χ3n) is 6.12. The van der Waals surface area contributed by atoms with E-state index in [0.29, 0.717) is 23.6 Å². The highest BCUT2D eigenvalue weighted by molar-refractivity contribution is 5.96. The maximum atomic E-state index is 13.6. The maximum absolute atomic E-state index is 13.6. The van der Waals surface area contributed by atoms with Gasteiger partial charge in [0.05, 0.1) is 38.3 Å². The van der Waals surface area contributed by atoms with Gasteiger partial charge in [-0.05, 0) is 61.4 Å². The van der Waals surface area contributed by atoms with Crippen molar-refractivity contribution < 1.29 is 18.7 Å². The molecule has 1 fully saturated rings. The summed E-state index contributed by atoms with van der Waals surface area (Å²) >= 11 is 0. The lowest BCUT2D eigenvalue weighted by Gasteiger charge is -2.15. The number of aromatic nitrogens is 4. The molecule has 1 aliphatic rings. The van der Waals surface area contributed by atoms with Gasteiger partial charge in [-0.3, -0.25) is 14.2 Å². The normalized spacial score (nSPS) is 15.5. The van der Waals surface area contributed by atoms with Crippen LogP contribution in [0, 0.1) is 5.82 Å². The van der Waals surface area contributed by atoms with Crippen LogP contribution in [0.15, 0.2) is 64.4 Å². The van der Waals surface area contributed by atoms with Gasteiger partial charge in [-0.25, -0.2) is 18.7 Å². The van der Waals surface area contributed by atoms with Gasteiger partial charge >= 0.3 is 5.69 Å². The number of nitrogens with zero attached hydrogens (tertiary/aromatic N) is 4. The quantitative estimate of drug-likeness (QED) is 0.379. The van der Waals surface area contributed by atoms with Crippen LogP contribution in [-0.2, 0) is 17.8 Å². The largest absolute Gasteiger partial charge is 0.497 e. The summed E-state index contributed by atoms with van der Waals surface area (Å²) in [4.78, 5) is 44.2. The Morgan fingerprint density at radius 3 is 2.54 bits per heavy atom. The maximum Gasteiger partial charge on any atom is 0.337 e. The van der Waals surface area contributed by atoms with Crippen molar-refractivity contribution in [3.05, 3.63) is 87.1 Å². The number of methoxy groups -OCH3 is 1. The van der Waals surface area contributed by atoms with Gasteiger partial charge in [0, 0.05) is 12.2 Å². The smallest absolute Gasteiger partial charge is 0.337 e. The molecule has 180 valence electrons. The Kier molecular flexibility index (Phi) is 6.04. The van der Waals surface area contributed by atoms with E-state index in [1.54, 1.807) is 24.3 Å². The van der Waals surface area contributed by atoms with Gasteiger partial charge in [0.25, 0.3) is 5.56 Å². The van der Waals surface area contributed by atoms with Gasteiger partial charge in [0.1, 0.15) is 11.6 Å². The van der Waals surface area contributed by atoms with Crippen molar-refractivity contribution in [1.82, 2.24) is 18.7 Å². The third kappa shape index (κ3) is 4.28. The highest BCUT2D eigenvalue weighted by atomic mass is 19.1. The number of ether oxygens (including phenoxy) is 2. The van der Waals surface area contributed by atoms with E-state index in [2.05, 4.69) is 4.98 Å². The lowest BCUT2D eigenvalue weighted by molar-refractivity contribution is 0.0947. The standard InChI is InChI=1S/C25H23FN4O5/c1-34-19-10-4-16(5-11-19)21(31)14-28-15-27-23-22(28)24(32)29(13-20-3-2-12-35-20)25(33)30(23)18-8-6-17(26)7-9-18/h4-11,15,20H,2-3,12-14H2,1H3/t20-/m1/s1. The molecule has 0 aliphatic carbocycles. The number of ketones is 1. The summed E-state index contributed by atoms with van der Waals surface area (Å²) in [6, 6.07) is 12.0. The van der Waals surface area contributed by atoms with Crippen molar-refractivity contribution in [2.75, 3.05) is 13.7 Å². The predicted octanol–water partition coefficient (Wildman–Crippen LogP) is 2.56. The molecule has 0 spiro atoms. The van der Waals surface area contributed by atoms with Gasteiger partial charge in [-0.2, -0.15) is 0 Å². The molecule has 1 aliphatic heterocycles.